The van der Waals surface area contributed by atoms with E-state index in [1.165, 1.54) is 22.8 Å². The summed E-state index contributed by atoms with van der Waals surface area (Å²) in [6.07, 6.45) is 1.21. The van der Waals surface area contributed by atoms with E-state index in [0.29, 0.717) is 5.92 Å². The Morgan fingerprint density at radius 1 is 1.00 bits per heavy atom. The fourth-order valence-electron chi connectivity index (χ4n) is 2.42. The van der Waals surface area contributed by atoms with E-state index >= 15 is 0 Å². The standard InChI is InChI=1S/C17H24N2/c1-3-14(11-18-2)12-19-13-15-8-9-16-6-4-5-7-17(16)10-15/h4-10,14,18-19H,3,11-13H2,1-2H3. The number of benzene rings is 2. The van der Waals surface area contributed by atoms with Gasteiger partial charge in [0, 0.05) is 6.54 Å². The van der Waals surface area contributed by atoms with Gasteiger partial charge in [-0.1, -0.05) is 49.7 Å². The Bertz CT molecular complexity index is 507. The summed E-state index contributed by atoms with van der Waals surface area (Å²) in [4.78, 5) is 0. The van der Waals surface area contributed by atoms with Crippen LogP contribution in [0.4, 0.5) is 0 Å². The highest BCUT2D eigenvalue weighted by Crippen LogP contribution is 2.15. The molecule has 0 aromatic heterocycles. The average molecular weight is 256 g/mol. The second kappa shape index (κ2) is 7.27. The first-order chi connectivity index (χ1) is 9.33. The fourth-order valence-corrected chi connectivity index (χ4v) is 2.42. The van der Waals surface area contributed by atoms with Crippen molar-refractivity contribution in [3.8, 4) is 0 Å². The third-order valence-corrected chi connectivity index (χ3v) is 3.65. The topological polar surface area (TPSA) is 24.1 Å². The minimum atomic E-state index is 0.713. The van der Waals surface area contributed by atoms with Crippen molar-refractivity contribution in [2.24, 2.45) is 5.92 Å². The van der Waals surface area contributed by atoms with Crippen LogP contribution in [0.5, 0.6) is 0 Å². The zero-order valence-corrected chi connectivity index (χ0v) is 11.9. The molecule has 1 unspecified atom stereocenters. The zero-order valence-electron chi connectivity index (χ0n) is 11.9. The van der Waals surface area contributed by atoms with Crippen molar-refractivity contribution in [2.75, 3.05) is 20.1 Å². The highest BCUT2D eigenvalue weighted by Gasteiger charge is 2.04. The van der Waals surface area contributed by atoms with Gasteiger partial charge in [-0.25, -0.2) is 0 Å². The van der Waals surface area contributed by atoms with Gasteiger partial charge in [-0.05, 0) is 48.5 Å². The summed E-state index contributed by atoms with van der Waals surface area (Å²) < 4.78 is 0. The number of nitrogens with one attached hydrogen (secondary N) is 2. The summed E-state index contributed by atoms with van der Waals surface area (Å²) in [5, 5.41) is 9.45. The Balaban J connectivity index is 1.90. The molecule has 2 nitrogen and oxygen atoms in total. The third-order valence-electron chi connectivity index (χ3n) is 3.65. The molecule has 0 saturated heterocycles. The highest BCUT2D eigenvalue weighted by molar-refractivity contribution is 5.82. The van der Waals surface area contributed by atoms with Crippen LogP contribution in [0.1, 0.15) is 18.9 Å². The van der Waals surface area contributed by atoms with E-state index < -0.39 is 0 Å². The summed E-state index contributed by atoms with van der Waals surface area (Å²) in [6, 6.07) is 15.2. The molecule has 0 radical (unpaired) electrons. The van der Waals surface area contributed by atoms with Gasteiger partial charge < -0.3 is 10.6 Å². The SMILES string of the molecule is CCC(CNC)CNCc1ccc2ccccc2c1. The first-order valence-electron chi connectivity index (χ1n) is 7.16. The maximum absolute atomic E-state index is 3.56. The second-order valence-electron chi connectivity index (χ2n) is 5.14. The molecule has 0 heterocycles. The van der Waals surface area contributed by atoms with Crippen molar-refractivity contribution in [1.82, 2.24) is 10.6 Å². The lowest BCUT2D eigenvalue weighted by Gasteiger charge is -2.15. The first-order valence-corrected chi connectivity index (χ1v) is 7.16. The number of fused-ring (bicyclic) bond motifs is 1. The second-order valence-corrected chi connectivity index (χ2v) is 5.14. The lowest BCUT2D eigenvalue weighted by molar-refractivity contribution is 0.445. The molecular weight excluding hydrogens is 232 g/mol. The van der Waals surface area contributed by atoms with Gasteiger partial charge in [0.15, 0.2) is 0 Å². The van der Waals surface area contributed by atoms with Crippen LogP contribution in [0.3, 0.4) is 0 Å². The van der Waals surface area contributed by atoms with E-state index in [2.05, 4.69) is 60.0 Å². The predicted octanol–water partition coefficient (Wildman–Crippen LogP) is 3.18. The molecule has 0 aliphatic heterocycles. The molecule has 0 aliphatic carbocycles. The van der Waals surface area contributed by atoms with Crippen molar-refractivity contribution < 1.29 is 0 Å². The van der Waals surface area contributed by atoms with Crippen LogP contribution in [0.25, 0.3) is 10.8 Å². The van der Waals surface area contributed by atoms with Gasteiger partial charge in [0.25, 0.3) is 0 Å². The van der Waals surface area contributed by atoms with Crippen molar-refractivity contribution >= 4 is 10.8 Å². The molecular formula is C17H24N2. The van der Waals surface area contributed by atoms with E-state index in [9.17, 15) is 0 Å². The quantitative estimate of drug-likeness (QED) is 0.795. The van der Waals surface area contributed by atoms with E-state index in [1.54, 1.807) is 0 Å². The first kappa shape index (κ1) is 14.0. The van der Waals surface area contributed by atoms with Crippen LogP contribution in [0.2, 0.25) is 0 Å². The van der Waals surface area contributed by atoms with Crippen molar-refractivity contribution in [3.05, 3.63) is 48.0 Å². The van der Waals surface area contributed by atoms with Crippen LogP contribution >= 0.6 is 0 Å². The van der Waals surface area contributed by atoms with Crippen LogP contribution in [0.15, 0.2) is 42.5 Å². The Hall–Kier alpha value is -1.38. The highest BCUT2D eigenvalue weighted by atomic mass is 14.9. The van der Waals surface area contributed by atoms with Crippen molar-refractivity contribution in [1.29, 1.82) is 0 Å². The van der Waals surface area contributed by atoms with E-state index in [4.69, 9.17) is 0 Å². The smallest absolute Gasteiger partial charge is 0.0205 e. The van der Waals surface area contributed by atoms with Crippen LogP contribution < -0.4 is 10.6 Å². The summed E-state index contributed by atoms with van der Waals surface area (Å²) in [7, 11) is 2.02. The third kappa shape index (κ3) is 4.05. The predicted molar refractivity (Wildman–Crippen MR) is 83.4 cm³/mol. The number of hydrogen-bond acceptors (Lipinski definition) is 2. The van der Waals surface area contributed by atoms with Crippen LogP contribution in [-0.2, 0) is 6.54 Å². The van der Waals surface area contributed by atoms with Crippen LogP contribution in [0, 0.1) is 5.92 Å². The maximum atomic E-state index is 3.56. The van der Waals surface area contributed by atoms with E-state index in [0.717, 1.165) is 19.6 Å². The van der Waals surface area contributed by atoms with Gasteiger partial charge >= 0.3 is 0 Å². The number of rotatable bonds is 7. The van der Waals surface area contributed by atoms with Gasteiger partial charge in [-0.3, -0.25) is 0 Å². The molecule has 2 N–H and O–H groups in total. The summed E-state index contributed by atoms with van der Waals surface area (Å²) in [5.74, 6) is 0.713. The summed E-state index contributed by atoms with van der Waals surface area (Å²) in [6.45, 7) is 5.36. The van der Waals surface area contributed by atoms with Gasteiger partial charge in [-0.15, -0.1) is 0 Å². The molecule has 0 amide bonds. The molecule has 0 aliphatic rings. The van der Waals surface area contributed by atoms with Crippen molar-refractivity contribution in [2.45, 2.75) is 19.9 Å². The average Bonchev–Trinajstić information content (AvgIpc) is 2.46. The van der Waals surface area contributed by atoms with Gasteiger partial charge in [-0.2, -0.15) is 0 Å². The lowest BCUT2D eigenvalue weighted by atomic mass is 10.1. The largest absolute Gasteiger partial charge is 0.319 e. The minimum Gasteiger partial charge on any atom is -0.319 e. The summed E-state index contributed by atoms with van der Waals surface area (Å²) >= 11 is 0. The Kier molecular flexibility index (Phi) is 5.37. The Labute approximate surface area is 116 Å². The fraction of sp³-hybridized carbons (Fsp3) is 0.412. The molecule has 2 aromatic carbocycles. The zero-order chi connectivity index (χ0) is 13.5. The van der Waals surface area contributed by atoms with Gasteiger partial charge in [0.1, 0.15) is 0 Å². The normalized spacial score (nSPS) is 12.7. The van der Waals surface area contributed by atoms with Gasteiger partial charge in [0.2, 0.25) is 0 Å². The monoisotopic (exact) mass is 256 g/mol. The van der Waals surface area contributed by atoms with Crippen LogP contribution in [-0.4, -0.2) is 20.1 Å². The maximum Gasteiger partial charge on any atom is 0.0205 e. The molecule has 0 fully saturated rings. The van der Waals surface area contributed by atoms with E-state index in [-0.39, 0.29) is 0 Å². The van der Waals surface area contributed by atoms with Gasteiger partial charge in [0.05, 0.1) is 0 Å². The molecule has 2 rings (SSSR count). The Morgan fingerprint density at radius 3 is 2.53 bits per heavy atom. The lowest BCUT2D eigenvalue weighted by Crippen LogP contribution is -2.29. The Morgan fingerprint density at radius 2 is 1.79 bits per heavy atom. The molecule has 0 spiro atoms. The minimum absolute atomic E-state index is 0.713. The molecule has 102 valence electrons. The molecule has 19 heavy (non-hydrogen) atoms. The molecule has 0 bridgehead atoms. The molecule has 0 saturated carbocycles. The van der Waals surface area contributed by atoms with Crippen molar-refractivity contribution in [3.63, 3.8) is 0 Å². The summed E-state index contributed by atoms with van der Waals surface area (Å²) in [5.41, 5.74) is 1.36. The number of hydrogen-bond donors (Lipinski definition) is 2. The molecule has 2 heteroatoms. The molecule has 2 aromatic rings. The molecule has 1 atom stereocenters. The van der Waals surface area contributed by atoms with E-state index in [1.807, 2.05) is 7.05 Å².